The molecule has 3 aliphatic rings. The fraction of sp³-hybridized carbons (Fsp3) is 0.414. The van der Waals surface area contributed by atoms with E-state index in [2.05, 4.69) is 10.6 Å². The Balaban J connectivity index is 1.45. The van der Waals surface area contributed by atoms with Crippen LogP contribution in [-0.2, 0) is 44.2 Å². The molecule has 13 heteroatoms. The Morgan fingerprint density at radius 1 is 1.26 bits per heavy atom. The van der Waals surface area contributed by atoms with E-state index in [-0.39, 0.29) is 50.5 Å². The number of hydrogen-bond donors (Lipinski definition) is 4. The number of esters is 1. The van der Waals surface area contributed by atoms with Crippen molar-refractivity contribution in [2.75, 3.05) is 19.8 Å². The number of benzene rings is 1. The van der Waals surface area contributed by atoms with Gasteiger partial charge in [0, 0.05) is 29.1 Å². The van der Waals surface area contributed by atoms with Crippen molar-refractivity contribution in [3.8, 4) is 11.4 Å². The van der Waals surface area contributed by atoms with Gasteiger partial charge in [-0.25, -0.2) is 19.0 Å². The average Bonchev–Trinajstić information content (AvgIpc) is 3.32. The van der Waals surface area contributed by atoms with Crippen LogP contribution in [0.3, 0.4) is 0 Å². The highest BCUT2D eigenvalue weighted by atomic mass is 19.1. The first-order chi connectivity index (χ1) is 20.0. The van der Waals surface area contributed by atoms with Crippen molar-refractivity contribution in [2.45, 2.75) is 57.9 Å². The zero-order valence-electron chi connectivity index (χ0n) is 23.0. The Labute approximate surface area is 238 Å². The third-order valence-electron chi connectivity index (χ3n) is 8.47. The van der Waals surface area contributed by atoms with Crippen molar-refractivity contribution in [3.05, 3.63) is 61.7 Å². The Hall–Kier alpha value is -4.36. The van der Waals surface area contributed by atoms with Gasteiger partial charge in [0.1, 0.15) is 19.0 Å². The first kappa shape index (κ1) is 27.8. The van der Waals surface area contributed by atoms with Crippen LogP contribution in [0.25, 0.3) is 22.3 Å². The Kier molecular flexibility index (Phi) is 6.73. The summed E-state index contributed by atoms with van der Waals surface area (Å²) in [5.41, 5.74) is 1.86. The molecule has 1 aliphatic carbocycles. The molecule has 1 aromatic carbocycles. The van der Waals surface area contributed by atoms with Gasteiger partial charge in [-0.05, 0) is 48.9 Å². The van der Waals surface area contributed by atoms with Crippen LogP contribution in [0, 0.1) is 12.7 Å². The van der Waals surface area contributed by atoms with Gasteiger partial charge in [-0.3, -0.25) is 9.59 Å². The topological polar surface area (TPSA) is 169 Å². The number of aromatic nitrogens is 2. The monoisotopic (exact) mass is 580 g/mol. The largest absolute Gasteiger partial charge is 0.465 e. The number of halogens is 1. The minimum atomic E-state index is -1.98. The molecule has 2 aliphatic heterocycles. The molecule has 220 valence electrons. The maximum atomic E-state index is 15.0. The van der Waals surface area contributed by atoms with Gasteiger partial charge < -0.3 is 34.9 Å². The molecular weight excluding hydrogens is 551 g/mol. The molecule has 2 atom stereocenters. The van der Waals surface area contributed by atoms with Gasteiger partial charge in [0.25, 0.3) is 5.56 Å². The van der Waals surface area contributed by atoms with Gasteiger partial charge in [-0.1, -0.05) is 6.92 Å². The normalized spacial score (nSPS) is 20.0. The van der Waals surface area contributed by atoms with E-state index in [4.69, 9.17) is 19.6 Å². The van der Waals surface area contributed by atoms with Crippen LogP contribution in [-0.4, -0.2) is 57.5 Å². The van der Waals surface area contributed by atoms with E-state index in [9.17, 15) is 24.3 Å². The third kappa shape index (κ3) is 4.22. The van der Waals surface area contributed by atoms with E-state index in [0.717, 1.165) is 16.5 Å². The summed E-state index contributed by atoms with van der Waals surface area (Å²) in [6.07, 6.45) is -0.229. The fourth-order valence-electron chi connectivity index (χ4n) is 6.33. The molecule has 0 saturated carbocycles. The highest BCUT2D eigenvalue weighted by Crippen LogP contribution is 2.45. The molecule has 6 rings (SSSR count). The lowest BCUT2D eigenvalue weighted by Gasteiger charge is -2.31. The van der Waals surface area contributed by atoms with Gasteiger partial charge >= 0.3 is 12.1 Å². The molecular formula is C29H29FN4O8. The first-order valence-corrected chi connectivity index (χ1v) is 13.7. The zero-order chi connectivity index (χ0) is 29.9. The van der Waals surface area contributed by atoms with Crippen LogP contribution in [0.15, 0.2) is 16.9 Å². The second-order valence-electron chi connectivity index (χ2n) is 10.8. The third-order valence-corrected chi connectivity index (χ3v) is 8.47. The van der Waals surface area contributed by atoms with Crippen molar-refractivity contribution in [1.82, 2.24) is 20.2 Å². The van der Waals surface area contributed by atoms with Gasteiger partial charge in [0.15, 0.2) is 5.60 Å². The average molecular weight is 581 g/mol. The first-order valence-electron chi connectivity index (χ1n) is 13.7. The molecule has 2 aromatic heterocycles. The van der Waals surface area contributed by atoms with Gasteiger partial charge in [-0.2, -0.15) is 0 Å². The number of nitrogens with one attached hydrogen (secondary N) is 2. The summed E-state index contributed by atoms with van der Waals surface area (Å²) >= 11 is 0. The lowest BCUT2D eigenvalue weighted by molar-refractivity contribution is -0.172. The van der Waals surface area contributed by atoms with Gasteiger partial charge in [0.2, 0.25) is 5.91 Å². The minimum Gasteiger partial charge on any atom is -0.465 e. The number of fused-ring (bicyclic) bond motifs is 5. The molecule has 42 heavy (non-hydrogen) atoms. The second-order valence-corrected chi connectivity index (χ2v) is 10.8. The highest BCUT2D eigenvalue weighted by Gasteiger charge is 2.46. The molecule has 0 unspecified atom stereocenters. The summed E-state index contributed by atoms with van der Waals surface area (Å²) in [4.78, 5) is 54.5. The number of carbonyl (C=O) groups is 3. The molecule has 0 saturated heterocycles. The minimum absolute atomic E-state index is 0.00137. The number of carbonyl (C=O) groups excluding carboxylic acids is 2. The maximum Gasteiger partial charge on any atom is 0.404 e. The van der Waals surface area contributed by atoms with Crippen LogP contribution < -0.4 is 16.2 Å². The summed E-state index contributed by atoms with van der Waals surface area (Å²) in [5, 5.41) is 25.7. The van der Waals surface area contributed by atoms with Gasteiger partial charge in [0.05, 0.1) is 41.7 Å². The van der Waals surface area contributed by atoms with Crippen LogP contribution >= 0.6 is 0 Å². The van der Waals surface area contributed by atoms with E-state index in [0.29, 0.717) is 40.9 Å². The summed E-state index contributed by atoms with van der Waals surface area (Å²) in [5.74, 6) is -1.65. The highest BCUT2D eigenvalue weighted by molar-refractivity contribution is 5.94. The maximum absolute atomic E-state index is 15.0. The number of carboxylic acid groups (broad SMARTS) is 1. The summed E-state index contributed by atoms with van der Waals surface area (Å²) in [6, 6.07) is 2.45. The quantitative estimate of drug-likeness (QED) is 0.188. The van der Waals surface area contributed by atoms with E-state index in [1.165, 1.54) is 10.6 Å². The number of aryl methyl sites for hydroxylation is 1. The summed E-state index contributed by atoms with van der Waals surface area (Å²) in [7, 11) is 0. The molecule has 4 heterocycles. The van der Waals surface area contributed by atoms with E-state index >= 15 is 4.39 Å². The number of amides is 2. The SMILES string of the molecule is CC[C@@]1(O)C(=O)OCc2c1cc1n(c2=O)Cc2c-1nc1cc(F)c(C)c3c1c2[C@@H](NC(=O)COCCNC(=O)O)CC3. The molecule has 0 spiro atoms. The molecule has 0 radical (unpaired) electrons. The zero-order valence-corrected chi connectivity index (χ0v) is 23.0. The molecule has 4 N–H and O–H groups in total. The predicted molar refractivity (Wildman–Crippen MR) is 145 cm³/mol. The van der Waals surface area contributed by atoms with Crippen LogP contribution in [0.1, 0.15) is 59.2 Å². The summed E-state index contributed by atoms with van der Waals surface area (Å²) < 4.78 is 27.0. The van der Waals surface area contributed by atoms with Crippen LogP contribution in [0.4, 0.5) is 9.18 Å². The van der Waals surface area contributed by atoms with Crippen molar-refractivity contribution in [1.29, 1.82) is 0 Å². The summed E-state index contributed by atoms with van der Waals surface area (Å²) in [6.45, 7) is 2.95. The Morgan fingerprint density at radius 2 is 2.05 bits per heavy atom. The van der Waals surface area contributed by atoms with Crippen LogP contribution in [0.2, 0.25) is 0 Å². The number of ether oxygens (including phenoxy) is 2. The number of hydrogen-bond acceptors (Lipinski definition) is 8. The predicted octanol–water partition coefficient (Wildman–Crippen LogP) is 1.91. The van der Waals surface area contributed by atoms with E-state index in [1.807, 2.05) is 0 Å². The smallest absolute Gasteiger partial charge is 0.404 e. The van der Waals surface area contributed by atoms with Crippen LogP contribution in [0.5, 0.6) is 0 Å². The fourth-order valence-corrected chi connectivity index (χ4v) is 6.33. The molecule has 0 fully saturated rings. The number of aliphatic hydroxyl groups is 1. The van der Waals surface area contributed by atoms with E-state index < -0.39 is 41.0 Å². The van der Waals surface area contributed by atoms with Crippen molar-refractivity contribution in [3.63, 3.8) is 0 Å². The van der Waals surface area contributed by atoms with Crippen molar-refractivity contribution in [2.24, 2.45) is 0 Å². The molecule has 2 amide bonds. The van der Waals surface area contributed by atoms with Crippen molar-refractivity contribution >= 4 is 28.9 Å². The Morgan fingerprint density at radius 3 is 2.79 bits per heavy atom. The van der Waals surface area contributed by atoms with Gasteiger partial charge in [-0.15, -0.1) is 0 Å². The number of cyclic esters (lactones) is 1. The van der Waals surface area contributed by atoms with E-state index in [1.54, 1.807) is 19.9 Å². The molecule has 0 bridgehead atoms. The second kappa shape index (κ2) is 10.2. The number of rotatable bonds is 7. The number of pyridine rings is 2. The lowest BCUT2D eigenvalue weighted by Crippen LogP contribution is -2.44. The molecule has 3 aromatic rings. The Bertz CT molecular complexity index is 1750. The standard InChI is InChI=1S/C29H29FN4O8/c1-3-29(40)17-8-21-25-15(10-34(21)26(36)16(17)11-42-27(29)37)24-19(32-22(35)12-41-7-6-31-28(38)39)5-4-14-13(2)18(30)9-20(33-25)23(14)24/h8-9,19,31,40H,3-7,10-12H2,1-2H3,(H,32,35)(H,38,39)/t19-,29-/m0/s1. The lowest BCUT2D eigenvalue weighted by atomic mass is 9.81. The van der Waals surface area contributed by atoms with Crippen molar-refractivity contribution < 1.29 is 38.5 Å². The molecule has 12 nitrogen and oxygen atoms in total. The number of nitrogens with zero attached hydrogens (tertiary/aromatic N) is 2.